The van der Waals surface area contributed by atoms with Crippen molar-refractivity contribution in [1.29, 1.82) is 0 Å². The minimum Gasteiger partial charge on any atom is -0.295 e. The Morgan fingerprint density at radius 1 is 1.17 bits per heavy atom. The van der Waals surface area contributed by atoms with E-state index in [1.165, 1.54) is 0 Å². The first-order valence-electron chi connectivity index (χ1n) is 5.92. The maximum absolute atomic E-state index is 5.38. The van der Waals surface area contributed by atoms with Crippen LogP contribution in [0.25, 0.3) is 5.82 Å². The lowest BCUT2D eigenvalue weighted by Crippen LogP contribution is -2.13. The number of H-pyrrole nitrogens is 1. The molecule has 5 heteroatoms. The molecule has 0 saturated carbocycles. The molecular weight excluding hydrogens is 244 g/mol. The van der Waals surface area contributed by atoms with Crippen LogP contribution < -0.4 is 0 Å². The summed E-state index contributed by atoms with van der Waals surface area (Å²) in [6.07, 6.45) is 0. The molecule has 1 N–H and O–H groups in total. The Hall–Kier alpha value is -1.49. The molecule has 2 aromatic heterocycles. The van der Waals surface area contributed by atoms with Gasteiger partial charge < -0.3 is 0 Å². The zero-order valence-electron chi connectivity index (χ0n) is 11.4. The molecule has 96 valence electrons. The maximum atomic E-state index is 5.38. The van der Waals surface area contributed by atoms with Crippen LogP contribution in [0.5, 0.6) is 0 Å². The molecule has 2 aromatic rings. The van der Waals surface area contributed by atoms with Crippen LogP contribution in [0, 0.1) is 18.5 Å². The van der Waals surface area contributed by atoms with Crippen LogP contribution in [0.1, 0.15) is 38.0 Å². The molecule has 0 atom stereocenters. The number of nitrogens with one attached hydrogen (secondary N) is 1. The molecule has 0 fully saturated rings. The van der Waals surface area contributed by atoms with Crippen molar-refractivity contribution in [2.75, 3.05) is 0 Å². The highest BCUT2D eigenvalue weighted by Gasteiger charge is 2.17. The standard InChI is InChI=1S/C13H18N4S/c1-8-6-11(15-9(2)14-8)17-12(18)7-10(16-17)13(3,4)5/h6-7,16H,1-5H3. The van der Waals surface area contributed by atoms with Gasteiger partial charge in [-0.25, -0.2) is 14.6 Å². The second-order valence-electron chi connectivity index (χ2n) is 5.51. The summed E-state index contributed by atoms with van der Waals surface area (Å²) < 4.78 is 2.56. The second kappa shape index (κ2) is 4.31. The molecule has 0 aliphatic carbocycles. The van der Waals surface area contributed by atoms with E-state index in [0.717, 1.165) is 27.7 Å². The van der Waals surface area contributed by atoms with Crippen LogP contribution in [-0.2, 0) is 5.41 Å². The third-order valence-electron chi connectivity index (χ3n) is 2.71. The van der Waals surface area contributed by atoms with E-state index in [-0.39, 0.29) is 5.41 Å². The van der Waals surface area contributed by atoms with E-state index in [4.69, 9.17) is 12.2 Å². The molecule has 0 saturated heterocycles. The van der Waals surface area contributed by atoms with Gasteiger partial charge >= 0.3 is 0 Å². The summed E-state index contributed by atoms with van der Waals surface area (Å²) >= 11 is 5.38. The van der Waals surface area contributed by atoms with Crippen LogP contribution in [0.3, 0.4) is 0 Å². The van der Waals surface area contributed by atoms with Gasteiger partial charge in [0, 0.05) is 22.9 Å². The Labute approximate surface area is 112 Å². The largest absolute Gasteiger partial charge is 0.295 e. The van der Waals surface area contributed by atoms with E-state index < -0.39 is 0 Å². The van der Waals surface area contributed by atoms with Gasteiger partial charge in [0.15, 0.2) is 5.82 Å². The Bertz CT molecular complexity index is 611. The summed E-state index contributed by atoms with van der Waals surface area (Å²) in [5, 5.41) is 3.31. The Morgan fingerprint density at radius 3 is 2.33 bits per heavy atom. The normalized spacial score (nSPS) is 11.8. The number of hydrogen-bond donors (Lipinski definition) is 1. The maximum Gasteiger partial charge on any atom is 0.156 e. The first-order chi connectivity index (χ1) is 8.27. The molecule has 0 bridgehead atoms. The number of aryl methyl sites for hydroxylation is 2. The molecule has 4 nitrogen and oxygen atoms in total. The van der Waals surface area contributed by atoms with Crippen LogP contribution in [0.15, 0.2) is 12.1 Å². The zero-order chi connectivity index (χ0) is 13.5. The molecule has 0 unspecified atom stereocenters. The SMILES string of the molecule is Cc1cc(-n2[nH]c(C(C)(C)C)cc2=S)nc(C)n1. The van der Waals surface area contributed by atoms with Crippen molar-refractivity contribution in [3.63, 3.8) is 0 Å². The lowest BCUT2D eigenvalue weighted by molar-refractivity contribution is 0.559. The van der Waals surface area contributed by atoms with Crippen molar-refractivity contribution < 1.29 is 0 Å². The summed E-state index contributed by atoms with van der Waals surface area (Å²) in [4.78, 5) is 8.69. The average molecular weight is 262 g/mol. The summed E-state index contributed by atoms with van der Waals surface area (Å²) in [6, 6.07) is 3.91. The van der Waals surface area contributed by atoms with Crippen molar-refractivity contribution in [3.8, 4) is 5.82 Å². The van der Waals surface area contributed by atoms with Gasteiger partial charge in [-0.05, 0) is 19.9 Å². The quantitative estimate of drug-likeness (QED) is 0.803. The van der Waals surface area contributed by atoms with E-state index in [0.29, 0.717) is 0 Å². The Balaban J connectivity index is 2.58. The Morgan fingerprint density at radius 2 is 1.83 bits per heavy atom. The molecule has 18 heavy (non-hydrogen) atoms. The lowest BCUT2D eigenvalue weighted by atomic mass is 9.93. The minimum atomic E-state index is 0.0376. The van der Waals surface area contributed by atoms with Crippen molar-refractivity contribution >= 4 is 12.2 Å². The van der Waals surface area contributed by atoms with Gasteiger partial charge in [0.05, 0.1) is 0 Å². The molecule has 2 rings (SSSR count). The summed E-state index contributed by atoms with van der Waals surface area (Å²) in [5.74, 6) is 1.54. The average Bonchev–Trinajstić information content (AvgIpc) is 2.58. The number of aromatic nitrogens is 4. The van der Waals surface area contributed by atoms with Gasteiger partial charge in [0.2, 0.25) is 0 Å². The second-order valence-corrected chi connectivity index (χ2v) is 5.93. The predicted molar refractivity (Wildman–Crippen MR) is 74.7 cm³/mol. The molecule has 0 aromatic carbocycles. The first-order valence-corrected chi connectivity index (χ1v) is 6.33. The topological polar surface area (TPSA) is 46.5 Å². The summed E-state index contributed by atoms with van der Waals surface area (Å²) in [7, 11) is 0. The van der Waals surface area contributed by atoms with E-state index in [2.05, 4.69) is 35.8 Å². The van der Waals surface area contributed by atoms with Gasteiger partial charge in [-0.15, -0.1) is 0 Å². The molecule has 0 aliphatic rings. The molecule has 0 amide bonds. The van der Waals surface area contributed by atoms with Gasteiger partial charge in [0.1, 0.15) is 10.5 Å². The van der Waals surface area contributed by atoms with Crippen LogP contribution in [0.4, 0.5) is 0 Å². The van der Waals surface area contributed by atoms with Crippen molar-refractivity contribution in [3.05, 3.63) is 34.0 Å². The molecule has 2 heterocycles. The third-order valence-corrected chi connectivity index (χ3v) is 3.01. The van der Waals surface area contributed by atoms with Gasteiger partial charge in [-0.3, -0.25) is 5.10 Å². The minimum absolute atomic E-state index is 0.0376. The van der Waals surface area contributed by atoms with Crippen molar-refractivity contribution in [2.24, 2.45) is 0 Å². The highest BCUT2D eigenvalue weighted by atomic mass is 32.1. The first kappa shape index (κ1) is 13.0. The predicted octanol–water partition coefficient (Wildman–Crippen LogP) is 3.24. The number of hydrogen-bond acceptors (Lipinski definition) is 3. The van der Waals surface area contributed by atoms with Gasteiger partial charge in [-0.2, -0.15) is 0 Å². The van der Waals surface area contributed by atoms with E-state index in [1.807, 2.05) is 30.7 Å². The van der Waals surface area contributed by atoms with Gasteiger partial charge in [-0.1, -0.05) is 33.0 Å². The van der Waals surface area contributed by atoms with Crippen LogP contribution in [0.2, 0.25) is 0 Å². The van der Waals surface area contributed by atoms with E-state index in [9.17, 15) is 0 Å². The number of aromatic amines is 1. The number of rotatable bonds is 1. The van der Waals surface area contributed by atoms with Crippen LogP contribution >= 0.6 is 12.2 Å². The third kappa shape index (κ3) is 2.51. The van der Waals surface area contributed by atoms with Crippen molar-refractivity contribution in [2.45, 2.75) is 40.0 Å². The fraction of sp³-hybridized carbons (Fsp3) is 0.462. The van der Waals surface area contributed by atoms with Crippen molar-refractivity contribution in [1.82, 2.24) is 19.7 Å². The van der Waals surface area contributed by atoms with Gasteiger partial charge in [0.25, 0.3) is 0 Å². The number of nitrogens with zero attached hydrogens (tertiary/aromatic N) is 3. The molecule has 0 radical (unpaired) electrons. The highest BCUT2D eigenvalue weighted by Crippen LogP contribution is 2.21. The molecule has 0 aliphatic heterocycles. The highest BCUT2D eigenvalue weighted by molar-refractivity contribution is 7.71. The van der Waals surface area contributed by atoms with E-state index in [1.54, 1.807) is 0 Å². The fourth-order valence-electron chi connectivity index (χ4n) is 1.76. The smallest absolute Gasteiger partial charge is 0.156 e. The Kier molecular flexibility index (Phi) is 3.11. The van der Waals surface area contributed by atoms with Crippen LogP contribution in [-0.4, -0.2) is 19.7 Å². The fourth-order valence-corrected chi connectivity index (χ4v) is 2.02. The van der Waals surface area contributed by atoms with E-state index >= 15 is 0 Å². The summed E-state index contributed by atoms with van der Waals surface area (Å²) in [6.45, 7) is 10.3. The summed E-state index contributed by atoms with van der Waals surface area (Å²) in [5.41, 5.74) is 2.07. The lowest BCUT2D eigenvalue weighted by Gasteiger charge is -2.15. The monoisotopic (exact) mass is 262 g/mol. The molecule has 0 spiro atoms. The zero-order valence-corrected chi connectivity index (χ0v) is 12.2. The molecular formula is C13H18N4S.